The molecule has 0 aliphatic heterocycles. The van der Waals surface area contributed by atoms with Gasteiger partial charge in [-0.15, -0.1) is 0 Å². The summed E-state index contributed by atoms with van der Waals surface area (Å²) < 4.78 is 0. The van der Waals surface area contributed by atoms with Crippen molar-refractivity contribution in [1.29, 1.82) is 0 Å². The number of halogens is 2. The minimum absolute atomic E-state index is 0.0890. The second kappa shape index (κ2) is 5.72. The molecule has 0 saturated carbocycles. The van der Waals surface area contributed by atoms with Gasteiger partial charge in [-0.05, 0) is 18.2 Å². The molecule has 0 heterocycles. The lowest BCUT2D eigenvalue weighted by atomic mass is 10.3. The predicted octanol–water partition coefficient (Wildman–Crippen LogP) is 2.07. The van der Waals surface area contributed by atoms with Crippen molar-refractivity contribution in [2.24, 2.45) is 0 Å². The van der Waals surface area contributed by atoms with Gasteiger partial charge in [-0.1, -0.05) is 23.2 Å². The van der Waals surface area contributed by atoms with Gasteiger partial charge >= 0.3 is 0 Å². The van der Waals surface area contributed by atoms with E-state index in [4.69, 9.17) is 23.2 Å². The van der Waals surface area contributed by atoms with E-state index in [1.165, 1.54) is 13.0 Å². The molecule has 4 nitrogen and oxygen atoms in total. The third-order valence-electron chi connectivity index (χ3n) is 1.70. The molecule has 0 bridgehead atoms. The Morgan fingerprint density at radius 3 is 2.56 bits per heavy atom. The quantitative estimate of drug-likeness (QED) is 0.875. The number of hydrogen-bond acceptors (Lipinski definition) is 2. The van der Waals surface area contributed by atoms with Gasteiger partial charge in [0.1, 0.15) is 0 Å². The number of carbonyl (C=O) groups is 2. The third kappa shape index (κ3) is 4.08. The van der Waals surface area contributed by atoms with Crippen LogP contribution in [-0.4, -0.2) is 18.4 Å². The van der Waals surface area contributed by atoms with Crippen molar-refractivity contribution in [3.63, 3.8) is 0 Å². The number of anilines is 1. The predicted molar refractivity (Wildman–Crippen MR) is 63.8 cm³/mol. The molecule has 1 aromatic carbocycles. The maximum atomic E-state index is 11.3. The molecule has 0 aliphatic carbocycles. The topological polar surface area (TPSA) is 58.2 Å². The monoisotopic (exact) mass is 260 g/mol. The zero-order valence-corrected chi connectivity index (χ0v) is 10.0. The standard InChI is InChI=1S/C10H10Cl2N2O2/c1-6(15)13-5-10(16)14-9-3-2-7(11)4-8(9)12/h2-4H,5H2,1H3,(H,13,15)(H,14,16). The number of amides is 2. The second-order valence-electron chi connectivity index (χ2n) is 3.08. The number of benzene rings is 1. The molecule has 0 atom stereocenters. The van der Waals surface area contributed by atoms with E-state index in [9.17, 15) is 9.59 Å². The van der Waals surface area contributed by atoms with Crippen molar-refractivity contribution in [1.82, 2.24) is 5.32 Å². The smallest absolute Gasteiger partial charge is 0.243 e. The van der Waals surface area contributed by atoms with Crippen LogP contribution >= 0.6 is 23.2 Å². The molecule has 0 fully saturated rings. The fourth-order valence-corrected chi connectivity index (χ4v) is 1.45. The van der Waals surface area contributed by atoms with E-state index in [0.29, 0.717) is 15.7 Å². The largest absolute Gasteiger partial charge is 0.347 e. The van der Waals surface area contributed by atoms with Gasteiger partial charge in [0.15, 0.2) is 0 Å². The van der Waals surface area contributed by atoms with Crippen molar-refractivity contribution >= 4 is 40.7 Å². The lowest BCUT2D eigenvalue weighted by Gasteiger charge is -2.07. The third-order valence-corrected chi connectivity index (χ3v) is 2.25. The Kier molecular flexibility index (Phi) is 4.58. The minimum Gasteiger partial charge on any atom is -0.347 e. The van der Waals surface area contributed by atoms with E-state index in [-0.39, 0.29) is 18.4 Å². The van der Waals surface area contributed by atoms with Crippen LogP contribution in [0.15, 0.2) is 18.2 Å². The molecule has 0 aromatic heterocycles. The van der Waals surface area contributed by atoms with Gasteiger partial charge in [-0.25, -0.2) is 0 Å². The molecule has 0 radical (unpaired) electrons. The van der Waals surface area contributed by atoms with Crippen LogP contribution in [0.4, 0.5) is 5.69 Å². The van der Waals surface area contributed by atoms with Crippen molar-refractivity contribution in [2.45, 2.75) is 6.92 Å². The molecule has 2 N–H and O–H groups in total. The van der Waals surface area contributed by atoms with Crippen LogP contribution in [0.5, 0.6) is 0 Å². The number of nitrogens with one attached hydrogen (secondary N) is 2. The summed E-state index contributed by atoms with van der Waals surface area (Å²) >= 11 is 11.6. The Labute approximate surface area is 103 Å². The first-order chi connectivity index (χ1) is 7.49. The van der Waals surface area contributed by atoms with Crippen molar-refractivity contribution < 1.29 is 9.59 Å². The Bertz CT molecular complexity index is 421. The van der Waals surface area contributed by atoms with Crippen LogP contribution in [0.1, 0.15) is 6.92 Å². The maximum absolute atomic E-state index is 11.3. The van der Waals surface area contributed by atoms with Crippen molar-refractivity contribution in [3.05, 3.63) is 28.2 Å². The van der Waals surface area contributed by atoms with Crippen LogP contribution in [0, 0.1) is 0 Å². The first-order valence-corrected chi connectivity index (χ1v) is 5.24. The van der Waals surface area contributed by atoms with Gasteiger partial charge < -0.3 is 10.6 Å². The summed E-state index contributed by atoms with van der Waals surface area (Å²) in [7, 11) is 0. The molecule has 2 amide bonds. The van der Waals surface area contributed by atoms with E-state index >= 15 is 0 Å². The zero-order chi connectivity index (χ0) is 12.1. The molecule has 1 aromatic rings. The van der Waals surface area contributed by atoms with Gasteiger partial charge in [0.05, 0.1) is 17.3 Å². The molecule has 0 saturated heterocycles. The van der Waals surface area contributed by atoms with Gasteiger partial charge in [-0.2, -0.15) is 0 Å². The molecular weight excluding hydrogens is 251 g/mol. The zero-order valence-electron chi connectivity index (χ0n) is 8.51. The Hall–Kier alpha value is -1.26. The molecule has 86 valence electrons. The van der Waals surface area contributed by atoms with E-state index in [2.05, 4.69) is 10.6 Å². The fourth-order valence-electron chi connectivity index (χ4n) is 0.990. The normalized spacial score (nSPS) is 9.69. The van der Waals surface area contributed by atoms with Crippen LogP contribution in [0.25, 0.3) is 0 Å². The van der Waals surface area contributed by atoms with Crippen molar-refractivity contribution in [3.8, 4) is 0 Å². The lowest BCUT2D eigenvalue weighted by molar-refractivity contribution is -0.122. The Balaban J connectivity index is 2.59. The average molecular weight is 261 g/mol. The molecule has 0 unspecified atom stereocenters. The van der Waals surface area contributed by atoms with Gasteiger partial charge in [-0.3, -0.25) is 9.59 Å². The molecule has 1 rings (SSSR count). The van der Waals surface area contributed by atoms with Gasteiger partial charge in [0.2, 0.25) is 11.8 Å². The maximum Gasteiger partial charge on any atom is 0.243 e. The Morgan fingerprint density at radius 2 is 2.00 bits per heavy atom. The summed E-state index contributed by atoms with van der Waals surface area (Å²) in [6.45, 7) is 1.25. The number of rotatable bonds is 3. The summed E-state index contributed by atoms with van der Waals surface area (Å²) in [6.07, 6.45) is 0. The lowest BCUT2D eigenvalue weighted by Crippen LogP contribution is -2.31. The number of carbonyl (C=O) groups excluding carboxylic acids is 2. The summed E-state index contributed by atoms with van der Waals surface area (Å²) in [5.74, 6) is -0.614. The molecule has 0 spiro atoms. The van der Waals surface area contributed by atoms with E-state index in [1.54, 1.807) is 12.1 Å². The van der Waals surface area contributed by atoms with E-state index in [0.717, 1.165) is 0 Å². The van der Waals surface area contributed by atoms with E-state index < -0.39 is 0 Å². The van der Waals surface area contributed by atoms with Gasteiger partial charge in [0.25, 0.3) is 0 Å². The Morgan fingerprint density at radius 1 is 1.31 bits per heavy atom. The molecular formula is C10H10Cl2N2O2. The molecule has 0 aliphatic rings. The van der Waals surface area contributed by atoms with E-state index in [1.807, 2.05) is 0 Å². The summed E-state index contributed by atoms with van der Waals surface area (Å²) in [4.78, 5) is 21.9. The minimum atomic E-state index is -0.348. The molecule has 6 heteroatoms. The van der Waals surface area contributed by atoms with Crippen LogP contribution < -0.4 is 10.6 Å². The van der Waals surface area contributed by atoms with Crippen LogP contribution in [0.3, 0.4) is 0 Å². The SMILES string of the molecule is CC(=O)NCC(=O)Nc1ccc(Cl)cc1Cl. The van der Waals surface area contributed by atoms with Crippen molar-refractivity contribution in [2.75, 3.05) is 11.9 Å². The first-order valence-electron chi connectivity index (χ1n) is 4.48. The number of hydrogen-bond donors (Lipinski definition) is 2. The molecule has 16 heavy (non-hydrogen) atoms. The summed E-state index contributed by atoms with van der Waals surface area (Å²) in [6, 6.07) is 4.73. The van der Waals surface area contributed by atoms with Gasteiger partial charge in [0, 0.05) is 11.9 Å². The van der Waals surface area contributed by atoms with Crippen LogP contribution in [-0.2, 0) is 9.59 Å². The highest BCUT2D eigenvalue weighted by atomic mass is 35.5. The highest BCUT2D eigenvalue weighted by Gasteiger charge is 2.06. The fraction of sp³-hybridized carbons (Fsp3) is 0.200. The van der Waals surface area contributed by atoms with Crippen LogP contribution in [0.2, 0.25) is 10.0 Å². The highest BCUT2D eigenvalue weighted by Crippen LogP contribution is 2.25. The highest BCUT2D eigenvalue weighted by molar-refractivity contribution is 6.36. The first kappa shape index (κ1) is 12.8. The average Bonchev–Trinajstić information content (AvgIpc) is 2.19. The summed E-state index contributed by atoms with van der Waals surface area (Å²) in [5.41, 5.74) is 0.460. The second-order valence-corrected chi connectivity index (χ2v) is 3.93. The summed E-state index contributed by atoms with van der Waals surface area (Å²) in [5, 5.41) is 5.77.